The second-order valence-corrected chi connectivity index (χ2v) is 7.16. The maximum atomic E-state index is 14.1. The third-order valence-electron chi connectivity index (χ3n) is 4.66. The second kappa shape index (κ2) is 7.35. The lowest BCUT2D eigenvalue weighted by Crippen LogP contribution is -1.99. The summed E-state index contributed by atoms with van der Waals surface area (Å²) in [7, 11) is 0. The Morgan fingerprint density at radius 3 is 2.57 bits per heavy atom. The van der Waals surface area contributed by atoms with Gasteiger partial charge < -0.3 is 9.09 Å². The standard InChI is InChI=1S/C22H13ClF2N4O/c23-14-6-4-13(5-7-14)19-10-15(30-28-19)11-29-9-8-18-20(12-29)27-22(26-18)16-2-1-3-17(24)21(16)25/h1-10,12H,11H2. The van der Waals surface area contributed by atoms with Crippen LogP contribution in [-0.4, -0.2) is 19.7 Å². The Kier molecular flexibility index (Phi) is 4.52. The van der Waals surface area contributed by atoms with E-state index >= 15 is 0 Å². The molecule has 0 saturated carbocycles. The highest BCUT2D eigenvalue weighted by Crippen LogP contribution is 2.28. The van der Waals surface area contributed by atoms with Crippen LogP contribution in [0.3, 0.4) is 0 Å². The number of rotatable bonds is 4. The molecule has 3 aromatic rings. The molecule has 5 nitrogen and oxygen atoms in total. The van der Waals surface area contributed by atoms with Crippen LogP contribution in [0, 0.1) is 11.6 Å². The van der Waals surface area contributed by atoms with E-state index in [9.17, 15) is 8.78 Å². The van der Waals surface area contributed by atoms with Gasteiger partial charge in [-0.3, -0.25) is 0 Å². The van der Waals surface area contributed by atoms with Crippen LogP contribution in [0.25, 0.3) is 34.0 Å². The lowest BCUT2D eigenvalue weighted by Gasteiger charge is -2.04. The molecule has 5 rings (SSSR count). The molecular formula is C22H13ClF2N4O. The Labute approximate surface area is 174 Å². The van der Waals surface area contributed by atoms with Crippen molar-refractivity contribution in [1.29, 1.82) is 0 Å². The minimum Gasteiger partial charge on any atom is -0.359 e. The van der Waals surface area contributed by atoms with Crippen LogP contribution in [-0.2, 0) is 6.54 Å². The average Bonchev–Trinajstić information content (AvgIpc) is 3.37. The number of fused-ring (bicyclic) bond motifs is 1. The first-order valence-corrected chi connectivity index (χ1v) is 9.44. The van der Waals surface area contributed by atoms with Crippen LogP contribution in [0.4, 0.5) is 8.78 Å². The van der Waals surface area contributed by atoms with E-state index in [1.54, 1.807) is 24.4 Å². The highest BCUT2D eigenvalue weighted by molar-refractivity contribution is 6.30. The molecule has 0 bridgehead atoms. The first-order valence-electron chi connectivity index (χ1n) is 9.06. The van der Waals surface area contributed by atoms with E-state index in [-0.39, 0.29) is 11.4 Å². The molecule has 148 valence electrons. The van der Waals surface area contributed by atoms with E-state index in [0.29, 0.717) is 34.4 Å². The zero-order valence-corrected chi connectivity index (χ0v) is 16.1. The first kappa shape index (κ1) is 18.4. The van der Waals surface area contributed by atoms with Crippen molar-refractivity contribution < 1.29 is 13.3 Å². The van der Waals surface area contributed by atoms with Gasteiger partial charge in [-0.2, -0.15) is 0 Å². The number of pyridine rings is 1. The van der Waals surface area contributed by atoms with Crippen LogP contribution in [0.1, 0.15) is 5.76 Å². The highest BCUT2D eigenvalue weighted by atomic mass is 35.5. The summed E-state index contributed by atoms with van der Waals surface area (Å²) in [5.74, 6) is -1.10. The van der Waals surface area contributed by atoms with Gasteiger partial charge in [0.2, 0.25) is 0 Å². The van der Waals surface area contributed by atoms with Crippen molar-refractivity contribution >= 4 is 11.6 Å². The Hall–Kier alpha value is -3.58. The summed E-state index contributed by atoms with van der Waals surface area (Å²) in [6.07, 6.45) is 3.58. The molecule has 2 aromatic carbocycles. The lowest BCUT2D eigenvalue weighted by molar-refractivity contribution is 0.378. The summed E-state index contributed by atoms with van der Waals surface area (Å²) in [6, 6.07) is 14.9. The van der Waals surface area contributed by atoms with Gasteiger partial charge in [-0.05, 0) is 30.3 Å². The normalized spacial score (nSPS) is 11.3. The summed E-state index contributed by atoms with van der Waals surface area (Å²) in [6.45, 7) is 0.424. The molecule has 2 aliphatic rings. The van der Waals surface area contributed by atoms with Crippen molar-refractivity contribution in [2.45, 2.75) is 6.54 Å². The number of hydrogen-bond acceptors (Lipinski definition) is 4. The maximum Gasteiger partial charge on any atom is 0.169 e. The smallest absolute Gasteiger partial charge is 0.169 e. The molecule has 0 radical (unpaired) electrons. The third-order valence-corrected chi connectivity index (χ3v) is 4.91. The van der Waals surface area contributed by atoms with Gasteiger partial charge in [-0.1, -0.05) is 35.0 Å². The Balaban J connectivity index is 1.42. The van der Waals surface area contributed by atoms with Gasteiger partial charge in [0.25, 0.3) is 0 Å². The average molecular weight is 423 g/mol. The predicted octanol–water partition coefficient (Wildman–Crippen LogP) is 5.68. The molecule has 8 heteroatoms. The van der Waals surface area contributed by atoms with Crippen LogP contribution in [0.15, 0.2) is 71.5 Å². The zero-order valence-electron chi connectivity index (χ0n) is 15.4. The molecular weight excluding hydrogens is 410 g/mol. The van der Waals surface area contributed by atoms with E-state index in [0.717, 1.165) is 11.6 Å². The Bertz CT molecular complexity index is 1310. The van der Waals surface area contributed by atoms with Crippen molar-refractivity contribution in [3.05, 3.63) is 89.4 Å². The molecule has 0 spiro atoms. The van der Waals surface area contributed by atoms with E-state index in [2.05, 4.69) is 15.1 Å². The van der Waals surface area contributed by atoms with Gasteiger partial charge in [0.15, 0.2) is 23.2 Å². The molecule has 0 aliphatic carbocycles. The van der Waals surface area contributed by atoms with Crippen molar-refractivity contribution in [1.82, 2.24) is 19.7 Å². The van der Waals surface area contributed by atoms with Gasteiger partial charge >= 0.3 is 0 Å². The zero-order chi connectivity index (χ0) is 20.7. The number of nitrogens with zero attached hydrogens (tertiary/aromatic N) is 4. The van der Waals surface area contributed by atoms with Crippen LogP contribution < -0.4 is 0 Å². The minimum absolute atomic E-state index is 0.0283. The lowest BCUT2D eigenvalue weighted by atomic mass is 10.1. The molecule has 3 heterocycles. The maximum absolute atomic E-state index is 14.1. The summed E-state index contributed by atoms with van der Waals surface area (Å²) < 4.78 is 34.9. The SMILES string of the molecule is Fc1cccc(-c2nc3ccn(Cc4cc(-c5ccc(Cl)cc5)no4)cc-3n2)c1F. The molecule has 0 unspecified atom stereocenters. The third kappa shape index (κ3) is 3.44. The quantitative estimate of drug-likeness (QED) is 0.373. The predicted molar refractivity (Wildman–Crippen MR) is 108 cm³/mol. The monoisotopic (exact) mass is 422 g/mol. The van der Waals surface area contributed by atoms with E-state index in [4.69, 9.17) is 16.1 Å². The Morgan fingerprint density at radius 1 is 0.933 bits per heavy atom. The van der Waals surface area contributed by atoms with Crippen molar-refractivity contribution in [2.24, 2.45) is 0 Å². The molecule has 30 heavy (non-hydrogen) atoms. The summed E-state index contributed by atoms with van der Waals surface area (Å²) in [5.41, 5.74) is 2.79. The van der Waals surface area contributed by atoms with Crippen LogP contribution in [0.2, 0.25) is 5.02 Å². The molecule has 0 saturated heterocycles. The molecule has 0 fully saturated rings. The fraction of sp³-hybridized carbons (Fsp3) is 0.0455. The van der Waals surface area contributed by atoms with E-state index in [1.165, 1.54) is 12.1 Å². The van der Waals surface area contributed by atoms with Gasteiger partial charge in [0.1, 0.15) is 11.4 Å². The number of hydrogen-bond donors (Lipinski definition) is 0. The van der Waals surface area contributed by atoms with Gasteiger partial charge in [0, 0.05) is 29.0 Å². The summed E-state index contributed by atoms with van der Waals surface area (Å²) in [4.78, 5) is 8.66. The number of aromatic nitrogens is 4. The van der Waals surface area contributed by atoms with Gasteiger partial charge in [0.05, 0.1) is 17.8 Å². The van der Waals surface area contributed by atoms with Crippen LogP contribution >= 0.6 is 11.6 Å². The Morgan fingerprint density at radius 2 is 1.73 bits per heavy atom. The first-order chi connectivity index (χ1) is 14.6. The second-order valence-electron chi connectivity index (χ2n) is 6.72. The van der Waals surface area contributed by atoms with Gasteiger partial charge in [-0.15, -0.1) is 0 Å². The largest absolute Gasteiger partial charge is 0.359 e. The molecule has 0 N–H and O–H groups in total. The van der Waals surface area contributed by atoms with E-state index < -0.39 is 11.6 Å². The van der Waals surface area contributed by atoms with Crippen molar-refractivity contribution in [3.8, 4) is 34.0 Å². The summed E-state index contributed by atoms with van der Waals surface area (Å²) in [5, 5.41) is 4.75. The van der Waals surface area contributed by atoms with Crippen LogP contribution in [0.5, 0.6) is 0 Å². The van der Waals surface area contributed by atoms with Crippen molar-refractivity contribution in [3.63, 3.8) is 0 Å². The fourth-order valence-electron chi connectivity index (χ4n) is 3.17. The molecule has 0 amide bonds. The van der Waals surface area contributed by atoms with Gasteiger partial charge in [-0.25, -0.2) is 18.7 Å². The summed E-state index contributed by atoms with van der Waals surface area (Å²) >= 11 is 5.92. The van der Waals surface area contributed by atoms with Crippen molar-refractivity contribution in [2.75, 3.05) is 0 Å². The minimum atomic E-state index is -0.961. The molecule has 2 aliphatic heterocycles. The highest BCUT2D eigenvalue weighted by Gasteiger charge is 2.18. The number of halogens is 3. The number of imidazole rings is 1. The number of benzene rings is 2. The molecule has 1 aromatic heterocycles. The topological polar surface area (TPSA) is 56.7 Å². The van der Waals surface area contributed by atoms with E-state index in [1.807, 2.05) is 29.0 Å². The fourth-order valence-corrected chi connectivity index (χ4v) is 3.30. The molecule has 0 atom stereocenters.